The summed E-state index contributed by atoms with van der Waals surface area (Å²) in [6.45, 7) is 4.36. The van der Waals surface area contributed by atoms with E-state index in [2.05, 4.69) is 5.10 Å². The van der Waals surface area contributed by atoms with Crippen LogP contribution in [0.4, 0.5) is 0 Å². The molecule has 0 radical (unpaired) electrons. The Morgan fingerprint density at radius 3 is 2.70 bits per heavy atom. The summed E-state index contributed by atoms with van der Waals surface area (Å²) >= 11 is 0. The van der Waals surface area contributed by atoms with E-state index in [0.29, 0.717) is 19.4 Å². The summed E-state index contributed by atoms with van der Waals surface area (Å²) in [6.07, 6.45) is 3.88. The molecule has 7 nitrogen and oxygen atoms in total. The van der Waals surface area contributed by atoms with E-state index in [0.717, 1.165) is 4.31 Å². The van der Waals surface area contributed by atoms with Crippen LogP contribution in [0, 0.1) is 0 Å². The average Bonchev–Trinajstić information content (AvgIpc) is 3.06. The van der Waals surface area contributed by atoms with Gasteiger partial charge in [-0.25, -0.2) is 8.42 Å². The second-order valence-corrected chi connectivity index (χ2v) is 6.77. The second kappa shape index (κ2) is 5.17. The number of rotatable bonds is 5. The van der Waals surface area contributed by atoms with Gasteiger partial charge in [-0.1, -0.05) is 6.92 Å². The van der Waals surface area contributed by atoms with E-state index in [9.17, 15) is 18.3 Å². The third kappa shape index (κ3) is 2.12. The third-order valence-electron chi connectivity index (χ3n) is 3.93. The highest BCUT2D eigenvalue weighted by Gasteiger charge is 2.52. The van der Waals surface area contributed by atoms with Crippen molar-refractivity contribution in [1.29, 1.82) is 0 Å². The molecular formula is C12H19N3O4S. The number of carboxylic acid groups (broad SMARTS) is 1. The number of carboxylic acids is 1. The van der Waals surface area contributed by atoms with Gasteiger partial charge in [0.1, 0.15) is 10.4 Å². The second-order valence-electron chi connectivity index (χ2n) is 4.90. The van der Waals surface area contributed by atoms with E-state index in [4.69, 9.17) is 0 Å². The number of aliphatic carboxylic acids is 1. The lowest BCUT2D eigenvalue weighted by atomic mass is 9.95. The zero-order valence-corrected chi connectivity index (χ0v) is 12.4. The first-order valence-corrected chi connectivity index (χ1v) is 8.11. The highest BCUT2D eigenvalue weighted by atomic mass is 32.2. The van der Waals surface area contributed by atoms with Crippen LogP contribution in [0.5, 0.6) is 0 Å². The van der Waals surface area contributed by atoms with E-state index in [1.807, 2.05) is 6.92 Å². The van der Waals surface area contributed by atoms with Crippen LogP contribution in [0.2, 0.25) is 0 Å². The van der Waals surface area contributed by atoms with Crippen LogP contribution in [0.15, 0.2) is 17.3 Å². The van der Waals surface area contributed by atoms with Crippen molar-refractivity contribution in [2.45, 2.75) is 50.1 Å². The Kier molecular flexibility index (Phi) is 3.88. The molecule has 0 saturated carbocycles. The Labute approximate surface area is 118 Å². The van der Waals surface area contributed by atoms with E-state index >= 15 is 0 Å². The molecule has 20 heavy (non-hydrogen) atoms. The summed E-state index contributed by atoms with van der Waals surface area (Å²) in [7, 11) is -3.82. The van der Waals surface area contributed by atoms with E-state index in [-0.39, 0.29) is 17.9 Å². The third-order valence-corrected chi connectivity index (χ3v) is 5.85. The summed E-state index contributed by atoms with van der Waals surface area (Å²) in [4.78, 5) is 11.6. The number of aromatic nitrogens is 2. The number of carbonyl (C=O) groups is 1. The van der Waals surface area contributed by atoms with Gasteiger partial charge in [0.2, 0.25) is 10.0 Å². The van der Waals surface area contributed by atoms with Crippen LogP contribution in [0.25, 0.3) is 0 Å². The molecule has 1 aromatic heterocycles. The predicted octanol–water partition coefficient (Wildman–Crippen LogP) is 0.921. The lowest BCUT2D eigenvalue weighted by Crippen LogP contribution is -2.52. The summed E-state index contributed by atoms with van der Waals surface area (Å²) < 4.78 is 27.9. The number of sulfonamides is 1. The molecule has 1 saturated heterocycles. The van der Waals surface area contributed by atoms with E-state index in [1.165, 1.54) is 17.1 Å². The first-order valence-electron chi connectivity index (χ1n) is 6.67. The fourth-order valence-corrected chi connectivity index (χ4v) is 4.52. The van der Waals surface area contributed by atoms with Crippen LogP contribution in [-0.4, -0.2) is 45.7 Å². The monoisotopic (exact) mass is 301 g/mol. The molecule has 0 aromatic carbocycles. The lowest BCUT2D eigenvalue weighted by molar-refractivity contribution is -0.147. The van der Waals surface area contributed by atoms with Gasteiger partial charge in [-0.3, -0.25) is 9.48 Å². The molecule has 1 atom stereocenters. The largest absolute Gasteiger partial charge is 0.480 e. The van der Waals surface area contributed by atoms with Gasteiger partial charge in [-0.15, -0.1) is 0 Å². The highest BCUT2D eigenvalue weighted by Crippen LogP contribution is 2.37. The van der Waals surface area contributed by atoms with E-state index < -0.39 is 21.5 Å². The first-order chi connectivity index (χ1) is 9.38. The van der Waals surface area contributed by atoms with Gasteiger partial charge in [0.15, 0.2) is 0 Å². The lowest BCUT2D eigenvalue weighted by Gasteiger charge is -2.32. The molecule has 8 heteroatoms. The first kappa shape index (κ1) is 15.0. The maximum absolute atomic E-state index is 12.7. The van der Waals surface area contributed by atoms with Crippen LogP contribution in [-0.2, 0) is 21.4 Å². The van der Waals surface area contributed by atoms with Crippen LogP contribution in [0.3, 0.4) is 0 Å². The number of hydrogen-bond donors (Lipinski definition) is 1. The molecule has 2 heterocycles. The van der Waals surface area contributed by atoms with Gasteiger partial charge in [-0.05, 0) is 26.2 Å². The molecule has 1 N–H and O–H groups in total. The van der Waals surface area contributed by atoms with Crippen molar-refractivity contribution in [3.63, 3.8) is 0 Å². The van der Waals surface area contributed by atoms with Gasteiger partial charge in [0.25, 0.3) is 0 Å². The molecule has 0 amide bonds. The van der Waals surface area contributed by atoms with Crippen LogP contribution in [0.1, 0.15) is 33.1 Å². The Hall–Kier alpha value is -1.41. The van der Waals surface area contributed by atoms with Crippen molar-refractivity contribution in [2.24, 2.45) is 0 Å². The number of nitrogens with zero attached hydrogens (tertiary/aromatic N) is 3. The Morgan fingerprint density at radius 2 is 2.20 bits per heavy atom. The molecule has 1 aliphatic heterocycles. The van der Waals surface area contributed by atoms with Crippen molar-refractivity contribution >= 4 is 16.0 Å². The molecule has 0 bridgehead atoms. The molecule has 112 valence electrons. The topological polar surface area (TPSA) is 92.5 Å². The van der Waals surface area contributed by atoms with Crippen LogP contribution < -0.4 is 0 Å². The minimum Gasteiger partial charge on any atom is -0.480 e. The SMILES string of the molecule is CCn1cc(S(=O)(=O)N2CCCC2(CC)C(=O)O)cn1. The van der Waals surface area contributed by atoms with Crippen molar-refractivity contribution in [3.8, 4) is 0 Å². The van der Waals surface area contributed by atoms with Gasteiger partial charge < -0.3 is 5.11 Å². The summed E-state index contributed by atoms with van der Waals surface area (Å²) in [5.74, 6) is -1.08. The van der Waals surface area contributed by atoms with Crippen LogP contribution >= 0.6 is 0 Å². The fourth-order valence-electron chi connectivity index (χ4n) is 2.70. The maximum Gasteiger partial charge on any atom is 0.325 e. The van der Waals surface area contributed by atoms with Crippen molar-refractivity contribution in [1.82, 2.24) is 14.1 Å². The highest BCUT2D eigenvalue weighted by molar-refractivity contribution is 7.89. The van der Waals surface area contributed by atoms with Crippen molar-refractivity contribution in [2.75, 3.05) is 6.54 Å². The standard InChI is InChI=1S/C12H19N3O4S/c1-3-12(11(16)17)6-5-7-15(12)20(18,19)10-8-13-14(4-2)9-10/h8-9H,3-7H2,1-2H3,(H,16,17). The quantitative estimate of drug-likeness (QED) is 0.873. The van der Waals surface area contributed by atoms with Gasteiger partial charge in [-0.2, -0.15) is 9.40 Å². The zero-order chi connectivity index (χ0) is 15.0. The zero-order valence-electron chi connectivity index (χ0n) is 11.6. The van der Waals surface area contributed by atoms with Crippen molar-refractivity contribution < 1.29 is 18.3 Å². The molecule has 1 fully saturated rings. The molecule has 1 aromatic rings. The molecule has 0 spiro atoms. The maximum atomic E-state index is 12.7. The average molecular weight is 301 g/mol. The number of aryl methyl sites for hydroxylation is 1. The summed E-state index contributed by atoms with van der Waals surface area (Å²) in [5.41, 5.74) is -1.33. The minimum atomic E-state index is -3.82. The Balaban J connectivity index is 2.45. The van der Waals surface area contributed by atoms with E-state index in [1.54, 1.807) is 6.92 Å². The molecular weight excluding hydrogens is 282 g/mol. The predicted molar refractivity (Wildman–Crippen MR) is 71.7 cm³/mol. The fraction of sp³-hybridized carbons (Fsp3) is 0.667. The minimum absolute atomic E-state index is 0.0559. The number of hydrogen-bond acceptors (Lipinski definition) is 4. The van der Waals surface area contributed by atoms with Crippen molar-refractivity contribution in [3.05, 3.63) is 12.4 Å². The van der Waals surface area contributed by atoms with Gasteiger partial charge >= 0.3 is 5.97 Å². The Bertz CT molecular complexity index is 610. The Morgan fingerprint density at radius 1 is 1.50 bits per heavy atom. The normalized spacial score (nSPS) is 24.1. The van der Waals surface area contributed by atoms with Gasteiger partial charge in [0.05, 0.1) is 6.20 Å². The summed E-state index contributed by atoms with van der Waals surface area (Å²) in [5, 5.41) is 13.4. The molecule has 2 rings (SSSR count). The molecule has 1 unspecified atom stereocenters. The summed E-state index contributed by atoms with van der Waals surface area (Å²) in [6, 6.07) is 0. The smallest absolute Gasteiger partial charge is 0.325 e. The molecule has 1 aliphatic rings. The van der Waals surface area contributed by atoms with Gasteiger partial charge in [0, 0.05) is 19.3 Å². The molecule has 0 aliphatic carbocycles.